The van der Waals surface area contributed by atoms with E-state index in [1.807, 2.05) is 0 Å². The van der Waals surface area contributed by atoms with Crippen molar-refractivity contribution >= 4 is 29.9 Å². The highest BCUT2D eigenvalue weighted by Gasteiger charge is 2.10. The minimum Gasteiger partial charge on any atom is -0.351 e. The standard InChI is InChI=1S/C10H12ClFN2O.ClH/c1-6(13)10(15)14-5-7-8(11)3-2-4-9(7)12;/h2-4,6H,5,13H2,1H3,(H,14,15);1H/t6-;/m0./s1. The van der Waals surface area contributed by atoms with E-state index in [1.165, 1.54) is 12.1 Å². The van der Waals surface area contributed by atoms with Crippen molar-refractivity contribution in [1.29, 1.82) is 0 Å². The SMILES string of the molecule is C[C@H](N)C(=O)NCc1c(F)cccc1Cl.Cl. The quantitative estimate of drug-likeness (QED) is 0.878. The van der Waals surface area contributed by atoms with Gasteiger partial charge in [0.05, 0.1) is 6.04 Å². The summed E-state index contributed by atoms with van der Waals surface area (Å²) in [6.45, 7) is 1.60. The van der Waals surface area contributed by atoms with Crippen molar-refractivity contribution in [2.24, 2.45) is 5.73 Å². The van der Waals surface area contributed by atoms with Gasteiger partial charge in [-0.1, -0.05) is 17.7 Å². The number of carbonyl (C=O) groups is 1. The number of benzene rings is 1. The first-order valence-electron chi connectivity index (χ1n) is 4.48. The summed E-state index contributed by atoms with van der Waals surface area (Å²) in [5.41, 5.74) is 5.61. The van der Waals surface area contributed by atoms with E-state index in [9.17, 15) is 9.18 Å². The molecule has 0 saturated heterocycles. The molecule has 1 rings (SSSR count). The molecule has 0 aliphatic heterocycles. The van der Waals surface area contributed by atoms with Gasteiger partial charge in [0.25, 0.3) is 0 Å². The summed E-state index contributed by atoms with van der Waals surface area (Å²) in [6, 6.07) is 3.75. The second-order valence-corrected chi connectivity index (χ2v) is 3.61. The predicted molar refractivity (Wildman–Crippen MR) is 64.2 cm³/mol. The van der Waals surface area contributed by atoms with Crippen molar-refractivity contribution < 1.29 is 9.18 Å². The van der Waals surface area contributed by atoms with Crippen molar-refractivity contribution in [2.45, 2.75) is 19.5 Å². The summed E-state index contributed by atoms with van der Waals surface area (Å²) in [5, 5.41) is 2.78. The number of nitrogens with two attached hydrogens (primary N) is 1. The lowest BCUT2D eigenvalue weighted by molar-refractivity contribution is -0.122. The van der Waals surface area contributed by atoms with Crippen LogP contribution in [0.2, 0.25) is 5.02 Å². The van der Waals surface area contributed by atoms with Gasteiger partial charge in [-0.05, 0) is 19.1 Å². The Kier molecular flexibility index (Phi) is 6.33. The summed E-state index contributed by atoms with van der Waals surface area (Å²) in [7, 11) is 0. The summed E-state index contributed by atoms with van der Waals surface area (Å²) >= 11 is 5.77. The Labute approximate surface area is 105 Å². The Morgan fingerprint density at radius 2 is 2.25 bits per heavy atom. The van der Waals surface area contributed by atoms with Gasteiger partial charge < -0.3 is 11.1 Å². The van der Waals surface area contributed by atoms with Crippen molar-refractivity contribution in [2.75, 3.05) is 0 Å². The molecule has 1 amide bonds. The Bertz CT molecular complexity index is 352. The zero-order valence-electron chi connectivity index (χ0n) is 8.67. The molecule has 0 heterocycles. The molecule has 0 fully saturated rings. The van der Waals surface area contributed by atoms with Gasteiger partial charge in [0, 0.05) is 17.1 Å². The maximum atomic E-state index is 13.2. The van der Waals surface area contributed by atoms with Crippen LogP contribution in [0.25, 0.3) is 0 Å². The highest BCUT2D eigenvalue weighted by molar-refractivity contribution is 6.31. The molecule has 1 aromatic carbocycles. The normalized spacial score (nSPS) is 11.5. The molecule has 0 radical (unpaired) electrons. The number of halogens is 3. The van der Waals surface area contributed by atoms with E-state index in [1.54, 1.807) is 13.0 Å². The van der Waals surface area contributed by atoms with Crippen LogP contribution in [0.15, 0.2) is 18.2 Å². The van der Waals surface area contributed by atoms with Crippen LogP contribution < -0.4 is 11.1 Å². The highest BCUT2D eigenvalue weighted by atomic mass is 35.5. The Hall–Kier alpha value is -0.840. The smallest absolute Gasteiger partial charge is 0.236 e. The molecule has 90 valence electrons. The van der Waals surface area contributed by atoms with E-state index < -0.39 is 11.9 Å². The van der Waals surface area contributed by atoms with Crippen molar-refractivity contribution in [3.8, 4) is 0 Å². The monoisotopic (exact) mass is 266 g/mol. The molecule has 0 saturated carbocycles. The first kappa shape index (κ1) is 15.2. The van der Waals surface area contributed by atoms with Crippen molar-refractivity contribution in [3.63, 3.8) is 0 Å². The summed E-state index contributed by atoms with van der Waals surface area (Å²) in [6.07, 6.45) is 0. The third-order valence-corrected chi connectivity index (χ3v) is 2.27. The highest BCUT2D eigenvalue weighted by Crippen LogP contribution is 2.18. The lowest BCUT2D eigenvalue weighted by Crippen LogP contribution is -2.38. The number of nitrogens with one attached hydrogen (secondary N) is 1. The van der Waals surface area contributed by atoms with Gasteiger partial charge in [0.2, 0.25) is 5.91 Å². The zero-order chi connectivity index (χ0) is 11.4. The molecule has 3 nitrogen and oxygen atoms in total. The van der Waals surface area contributed by atoms with Gasteiger partial charge in [0.15, 0.2) is 0 Å². The topological polar surface area (TPSA) is 55.1 Å². The summed E-state index contributed by atoms with van der Waals surface area (Å²) in [4.78, 5) is 11.1. The fourth-order valence-electron chi connectivity index (χ4n) is 1.04. The molecular formula is C10H13Cl2FN2O. The fraction of sp³-hybridized carbons (Fsp3) is 0.300. The molecule has 0 spiro atoms. The number of amides is 1. The molecule has 6 heteroatoms. The van der Waals surface area contributed by atoms with Gasteiger partial charge in [-0.3, -0.25) is 4.79 Å². The average molecular weight is 267 g/mol. The fourth-order valence-corrected chi connectivity index (χ4v) is 1.27. The van der Waals surface area contributed by atoms with Crippen molar-refractivity contribution in [3.05, 3.63) is 34.6 Å². The molecular weight excluding hydrogens is 254 g/mol. The van der Waals surface area contributed by atoms with Crippen LogP contribution in [-0.2, 0) is 11.3 Å². The van der Waals surface area contributed by atoms with E-state index in [0.29, 0.717) is 5.02 Å². The maximum absolute atomic E-state index is 13.2. The van der Waals surface area contributed by atoms with Gasteiger partial charge in [0.1, 0.15) is 5.82 Å². The number of rotatable bonds is 3. The average Bonchev–Trinajstić information content (AvgIpc) is 2.16. The molecule has 0 aromatic heterocycles. The first-order valence-corrected chi connectivity index (χ1v) is 4.86. The summed E-state index contributed by atoms with van der Waals surface area (Å²) < 4.78 is 13.2. The van der Waals surface area contributed by atoms with E-state index in [4.69, 9.17) is 17.3 Å². The molecule has 1 atom stereocenters. The van der Waals surface area contributed by atoms with Crippen molar-refractivity contribution in [1.82, 2.24) is 5.32 Å². The number of hydrogen-bond donors (Lipinski definition) is 2. The minimum atomic E-state index is -0.615. The maximum Gasteiger partial charge on any atom is 0.236 e. The van der Waals surface area contributed by atoms with E-state index >= 15 is 0 Å². The minimum absolute atomic E-state index is 0. The number of hydrogen-bond acceptors (Lipinski definition) is 2. The first-order chi connectivity index (χ1) is 7.02. The van der Waals surface area contributed by atoms with E-state index in [-0.39, 0.29) is 30.4 Å². The molecule has 0 aliphatic rings. The zero-order valence-corrected chi connectivity index (χ0v) is 10.2. The summed E-state index contributed by atoms with van der Waals surface area (Å²) in [5.74, 6) is -0.776. The van der Waals surface area contributed by atoms with E-state index in [2.05, 4.69) is 5.32 Å². The third kappa shape index (κ3) is 3.96. The molecule has 0 unspecified atom stereocenters. The van der Waals surface area contributed by atoms with Crippen LogP contribution in [0.3, 0.4) is 0 Å². The molecule has 1 aromatic rings. The van der Waals surface area contributed by atoms with E-state index in [0.717, 1.165) is 0 Å². The van der Waals surface area contributed by atoms with Crippen LogP contribution in [0.1, 0.15) is 12.5 Å². The van der Waals surface area contributed by atoms with Crippen LogP contribution in [-0.4, -0.2) is 11.9 Å². The molecule has 3 N–H and O–H groups in total. The lowest BCUT2D eigenvalue weighted by Gasteiger charge is -2.09. The molecule has 16 heavy (non-hydrogen) atoms. The molecule has 0 bridgehead atoms. The van der Waals surface area contributed by atoms with Gasteiger partial charge >= 0.3 is 0 Å². The van der Waals surface area contributed by atoms with Gasteiger partial charge in [-0.15, -0.1) is 12.4 Å². The molecule has 0 aliphatic carbocycles. The Balaban J connectivity index is 0.00000225. The van der Waals surface area contributed by atoms with Gasteiger partial charge in [-0.25, -0.2) is 4.39 Å². The number of carbonyl (C=O) groups excluding carboxylic acids is 1. The van der Waals surface area contributed by atoms with Gasteiger partial charge in [-0.2, -0.15) is 0 Å². The van der Waals surface area contributed by atoms with Crippen LogP contribution >= 0.6 is 24.0 Å². The Morgan fingerprint density at radius 3 is 2.75 bits per heavy atom. The van der Waals surface area contributed by atoms with Crippen LogP contribution in [0.5, 0.6) is 0 Å². The van der Waals surface area contributed by atoms with Crippen LogP contribution in [0.4, 0.5) is 4.39 Å². The second-order valence-electron chi connectivity index (χ2n) is 3.21. The second kappa shape index (κ2) is 6.68. The van der Waals surface area contributed by atoms with Crippen LogP contribution in [0, 0.1) is 5.82 Å². The predicted octanol–water partition coefficient (Wildman–Crippen LogP) is 1.86. The Morgan fingerprint density at radius 1 is 1.62 bits per heavy atom. The third-order valence-electron chi connectivity index (χ3n) is 1.91. The largest absolute Gasteiger partial charge is 0.351 e. The lowest BCUT2D eigenvalue weighted by atomic mass is 10.2.